The van der Waals surface area contributed by atoms with E-state index in [1.165, 1.54) is 6.26 Å². The van der Waals surface area contributed by atoms with Gasteiger partial charge in [0.1, 0.15) is 6.26 Å². The van der Waals surface area contributed by atoms with Gasteiger partial charge in [0.2, 0.25) is 5.91 Å². The molecule has 0 saturated heterocycles. The maximum atomic E-state index is 11.6. The van der Waals surface area contributed by atoms with Crippen molar-refractivity contribution in [3.8, 4) is 0 Å². The van der Waals surface area contributed by atoms with E-state index >= 15 is 0 Å². The smallest absolute Gasteiger partial charge is 0.254 e. The number of amides is 2. The monoisotopic (exact) mass is 316 g/mol. The zero-order chi connectivity index (χ0) is 13.5. The van der Waals surface area contributed by atoms with Crippen molar-refractivity contribution in [1.82, 2.24) is 10.6 Å². The van der Waals surface area contributed by atoms with Gasteiger partial charge in [0.05, 0.1) is 5.56 Å². The van der Waals surface area contributed by atoms with Crippen LogP contribution in [0.15, 0.2) is 21.4 Å². The van der Waals surface area contributed by atoms with Gasteiger partial charge in [0.15, 0.2) is 4.67 Å². The Kier molecular flexibility index (Phi) is 5.91. The number of carbonyl (C=O) groups excluding carboxylic acids is 2. The fourth-order valence-electron chi connectivity index (χ4n) is 1.23. The quantitative estimate of drug-likeness (QED) is 0.842. The van der Waals surface area contributed by atoms with Crippen LogP contribution in [0.3, 0.4) is 0 Å². The molecule has 0 saturated carbocycles. The van der Waals surface area contributed by atoms with Gasteiger partial charge in [-0.05, 0) is 21.8 Å². The number of carbonyl (C=O) groups is 2. The van der Waals surface area contributed by atoms with Crippen LogP contribution in [0.2, 0.25) is 0 Å². The van der Waals surface area contributed by atoms with Crippen molar-refractivity contribution in [2.24, 2.45) is 5.92 Å². The minimum Gasteiger partial charge on any atom is -0.457 e. The summed E-state index contributed by atoms with van der Waals surface area (Å²) >= 11 is 3.12. The fourth-order valence-corrected chi connectivity index (χ4v) is 1.57. The summed E-state index contributed by atoms with van der Waals surface area (Å²) in [5.41, 5.74) is 0.435. The first-order chi connectivity index (χ1) is 8.49. The van der Waals surface area contributed by atoms with E-state index in [1.54, 1.807) is 6.07 Å². The van der Waals surface area contributed by atoms with Gasteiger partial charge in [-0.3, -0.25) is 9.59 Å². The predicted octanol–water partition coefficient (Wildman–Crippen LogP) is 1.93. The second-order valence-corrected chi connectivity index (χ2v) is 5.12. The molecule has 2 amide bonds. The lowest BCUT2D eigenvalue weighted by atomic mass is 10.2. The third-order valence-corrected chi connectivity index (χ3v) is 2.59. The molecule has 0 radical (unpaired) electrons. The average molecular weight is 317 g/mol. The molecule has 0 unspecified atom stereocenters. The molecule has 18 heavy (non-hydrogen) atoms. The Balaban J connectivity index is 2.21. The van der Waals surface area contributed by atoms with Crippen molar-refractivity contribution in [2.45, 2.75) is 20.3 Å². The second kappa shape index (κ2) is 7.20. The second-order valence-electron chi connectivity index (χ2n) is 4.34. The highest BCUT2D eigenvalue weighted by molar-refractivity contribution is 9.10. The molecule has 0 fully saturated rings. The highest BCUT2D eigenvalue weighted by Gasteiger charge is 2.09. The van der Waals surface area contributed by atoms with E-state index in [-0.39, 0.29) is 18.2 Å². The van der Waals surface area contributed by atoms with Gasteiger partial charge in [-0.2, -0.15) is 0 Å². The van der Waals surface area contributed by atoms with Crippen molar-refractivity contribution in [2.75, 3.05) is 13.1 Å². The van der Waals surface area contributed by atoms with E-state index in [2.05, 4.69) is 26.6 Å². The van der Waals surface area contributed by atoms with Crippen LogP contribution in [0.4, 0.5) is 0 Å². The largest absolute Gasteiger partial charge is 0.457 e. The minimum atomic E-state index is -0.249. The van der Waals surface area contributed by atoms with E-state index < -0.39 is 0 Å². The van der Waals surface area contributed by atoms with Crippen LogP contribution in [-0.2, 0) is 4.79 Å². The zero-order valence-corrected chi connectivity index (χ0v) is 12.0. The maximum Gasteiger partial charge on any atom is 0.254 e. The molecule has 1 heterocycles. The molecule has 0 aliphatic carbocycles. The molecular weight excluding hydrogens is 300 g/mol. The van der Waals surface area contributed by atoms with Gasteiger partial charge in [-0.25, -0.2) is 0 Å². The third-order valence-electron chi connectivity index (χ3n) is 2.17. The molecule has 1 aromatic rings. The molecule has 5 nitrogen and oxygen atoms in total. The van der Waals surface area contributed by atoms with Crippen molar-refractivity contribution >= 4 is 27.7 Å². The third kappa shape index (κ3) is 5.35. The van der Waals surface area contributed by atoms with E-state index in [0.29, 0.717) is 29.2 Å². The number of halogens is 1. The van der Waals surface area contributed by atoms with Gasteiger partial charge in [0.25, 0.3) is 5.91 Å². The van der Waals surface area contributed by atoms with Crippen molar-refractivity contribution < 1.29 is 14.0 Å². The van der Waals surface area contributed by atoms with Crippen LogP contribution in [0.25, 0.3) is 0 Å². The summed E-state index contributed by atoms with van der Waals surface area (Å²) in [6.45, 7) is 5.02. The lowest BCUT2D eigenvalue weighted by molar-refractivity contribution is -0.121. The molecule has 1 aromatic heterocycles. The molecule has 2 N–H and O–H groups in total. The number of nitrogens with one attached hydrogen (secondary N) is 2. The zero-order valence-electron chi connectivity index (χ0n) is 10.5. The first-order valence-electron chi connectivity index (χ1n) is 5.78. The number of hydrogen-bond donors (Lipinski definition) is 2. The molecule has 0 atom stereocenters. The summed E-state index contributed by atoms with van der Waals surface area (Å²) in [6, 6.07) is 1.58. The number of rotatable bonds is 6. The van der Waals surface area contributed by atoms with Crippen LogP contribution >= 0.6 is 15.9 Å². The summed E-state index contributed by atoms with van der Waals surface area (Å²) in [6.07, 6.45) is 1.63. The molecule has 6 heteroatoms. The first kappa shape index (κ1) is 14.8. The summed E-state index contributed by atoms with van der Waals surface area (Å²) in [5.74, 6) is 0.116. The van der Waals surface area contributed by atoms with Crippen molar-refractivity contribution in [3.05, 3.63) is 22.6 Å². The summed E-state index contributed by atoms with van der Waals surface area (Å²) < 4.78 is 5.46. The van der Waals surface area contributed by atoms with E-state index in [0.717, 1.165) is 0 Å². The molecule has 0 aromatic carbocycles. The highest BCUT2D eigenvalue weighted by atomic mass is 79.9. The van der Waals surface area contributed by atoms with Gasteiger partial charge in [-0.1, -0.05) is 13.8 Å². The van der Waals surface area contributed by atoms with Gasteiger partial charge >= 0.3 is 0 Å². The highest BCUT2D eigenvalue weighted by Crippen LogP contribution is 2.13. The van der Waals surface area contributed by atoms with E-state index in [4.69, 9.17) is 4.42 Å². The lowest BCUT2D eigenvalue weighted by Gasteiger charge is -2.07. The standard InChI is InChI=1S/C12H17BrN2O3/c1-8(2)6-15-11(16)3-4-14-12(17)9-5-10(13)18-7-9/h5,7-8H,3-4,6H2,1-2H3,(H,14,17)(H,15,16). The topological polar surface area (TPSA) is 71.3 Å². The average Bonchev–Trinajstić information content (AvgIpc) is 2.73. The Hall–Kier alpha value is -1.30. The van der Waals surface area contributed by atoms with E-state index in [9.17, 15) is 9.59 Å². The van der Waals surface area contributed by atoms with Crippen LogP contribution in [-0.4, -0.2) is 24.9 Å². The first-order valence-corrected chi connectivity index (χ1v) is 6.57. The Morgan fingerprint density at radius 3 is 2.67 bits per heavy atom. The molecule has 0 aliphatic heterocycles. The Morgan fingerprint density at radius 1 is 1.39 bits per heavy atom. The molecule has 0 bridgehead atoms. The molecule has 0 aliphatic rings. The molecule has 0 spiro atoms. The fraction of sp³-hybridized carbons (Fsp3) is 0.500. The van der Waals surface area contributed by atoms with Gasteiger partial charge < -0.3 is 15.1 Å². The SMILES string of the molecule is CC(C)CNC(=O)CCNC(=O)c1coc(Br)c1. The normalized spacial score (nSPS) is 10.4. The maximum absolute atomic E-state index is 11.6. The predicted molar refractivity (Wildman–Crippen MR) is 71.2 cm³/mol. The van der Waals surface area contributed by atoms with Crippen LogP contribution in [0.1, 0.15) is 30.6 Å². The lowest BCUT2D eigenvalue weighted by Crippen LogP contribution is -2.32. The molecule has 100 valence electrons. The summed E-state index contributed by atoms with van der Waals surface area (Å²) in [7, 11) is 0. The van der Waals surface area contributed by atoms with Crippen LogP contribution in [0, 0.1) is 5.92 Å². The Bertz CT molecular complexity index is 415. The van der Waals surface area contributed by atoms with E-state index in [1.807, 2.05) is 13.8 Å². The summed E-state index contributed by atoms with van der Waals surface area (Å²) in [4.78, 5) is 23.0. The van der Waals surface area contributed by atoms with Crippen molar-refractivity contribution in [3.63, 3.8) is 0 Å². The molecule has 1 rings (SSSR count). The van der Waals surface area contributed by atoms with Gasteiger partial charge in [-0.15, -0.1) is 0 Å². The molecular formula is C12H17BrN2O3. The summed E-state index contributed by atoms with van der Waals surface area (Å²) in [5, 5.41) is 5.43. The van der Waals surface area contributed by atoms with Crippen LogP contribution in [0.5, 0.6) is 0 Å². The van der Waals surface area contributed by atoms with Crippen molar-refractivity contribution in [1.29, 1.82) is 0 Å². The van der Waals surface area contributed by atoms with Crippen LogP contribution < -0.4 is 10.6 Å². The van der Waals surface area contributed by atoms with Gasteiger partial charge in [0, 0.05) is 25.6 Å². The Morgan fingerprint density at radius 2 is 2.11 bits per heavy atom. The number of furan rings is 1. The Labute approximate surface area is 114 Å². The minimum absolute atomic E-state index is 0.0580. The number of hydrogen-bond acceptors (Lipinski definition) is 3.